The Bertz CT molecular complexity index is 534. The molecule has 0 radical (unpaired) electrons. The standard InChI is InChI=1S/C16H20N2OS/c1-2-19-15(12-7-4-3-5-8-12)16-18-14(11-20-16)13-9-6-10-17-13/h3-5,7-8,11,13,15,17H,2,6,9-10H2,1H3/t13-,15?/m0/s1. The van der Waals surface area contributed by atoms with Crippen LogP contribution in [0.3, 0.4) is 0 Å². The van der Waals surface area contributed by atoms with Crippen LogP contribution in [0.15, 0.2) is 35.7 Å². The maximum absolute atomic E-state index is 5.92. The third-order valence-corrected chi connectivity index (χ3v) is 4.52. The molecule has 106 valence electrons. The summed E-state index contributed by atoms with van der Waals surface area (Å²) in [5.74, 6) is 0. The number of aromatic nitrogens is 1. The van der Waals surface area contributed by atoms with Crippen molar-refractivity contribution in [3.63, 3.8) is 0 Å². The predicted octanol–water partition coefficient (Wildman–Crippen LogP) is 3.69. The molecule has 1 aromatic heterocycles. The minimum atomic E-state index is -0.0404. The second-order valence-electron chi connectivity index (χ2n) is 5.01. The molecule has 0 bridgehead atoms. The van der Waals surface area contributed by atoms with Crippen LogP contribution in [0, 0.1) is 0 Å². The molecule has 1 aliphatic heterocycles. The van der Waals surface area contributed by atoms with Crippen LogP contribution in [0.25, 0.3) is 0 Å². The highest BCUT2D eigenvalue weighted by Gasteiger charge is 2.22. The molecule has 1 fully saturated rings. The first-order valence-corrected chi connectivity index (χ1v) is 8.11. The number of nitrogens with zero attached hydrogens (tertiary/aromatic N) is 1. The van der Waals surface area contributed by atoms with E-state index in [0.717, 1.165) is 11.6 Å². The summed E-state index contributed by atoms with van der Waals surface area (Å²) in [5, 5.41) is 6.73. The van der Waals surface area contributed by atoms with Gasteiger partial charge < -0.3 is 10.1 Å². The van der Waals surface area contributed by atoms with E-state index in [4.69, 9.17) is 9.72 Å². The van der Waals surface area contributed by atoms with Crippen LogP contribution in [0.5, 0.6) is 0 Å². The highest BCUT2D eigenvalue weighted by molar-refractivity contribution is 7.09. The number of nitrogens with one attached hydrogen (secondary N) is 1. The highest BCUT2D eigenvalue weighted by Crippen LogP contribution is 2.31. The topological polar surface area (TPSA) is 34.1 Å². The molecule has 1 unspecified atom stereocenters. The van der Waals surface area contributed by atoms with E-state index in [1.54, 1.807) is 11.3 Å². The van der Waals surface area contributed by atoms with Crippen molar-refractivity contribution in [3.05, 3.63) is 52.0 Å². The van der Waals surface area contributed by atoms with E-state index in [0.29, 0.717) is 12.6 Å². The third-order valence-electron chi connectivity index (χ3n) is 3.62. The Labute approximate surface area is 124 Å². The number of hydrogen-bond donors (Lipinski definition) is 1. The van der Waals surface area contributed by atoms with E-state index in [1.807, 2.05) is 25.1 Å². The van der Waals surface area contributed by atoms with Gasteiger partial charge in [0.25, 0.3) is 0 Å². The molecule has 1 saturated heterocycles. The Kier molecular flexibility index (Phi) is 4.45. The van der Waals surface area contributed by atoms with Gasteiger partial charge in [-0.1, -0.05) is 30.3 Å². The molecule has 1 aliphatic rings. The van der Waals surface area contributed by atoms with E-state index < -0.39 is 0 Å². The molecular formula is C16H20N2OS. The van der Waals surface area contributed by atoms with Crippen LogP contribution in [-0.2, 0) is 4.74 Å². The van der Waals surface area contributed by atoms with Crippen LogP contribution < -0.4 is 5.32 Å². The Hall–Kier alpha value is -1.23. The number of benzene rings is 1. The van der Waals surface area contributed by atoms with E-state index >= 15 is 0 Å². The van der Waals surface area contributed by atoms with Crippen molar-refractivity contribution in [2.75, 3.05) is 13.2 Å². The van der Waals surface area contributed by atoms with E-state index in [2.05, 4.69) is 22.8 Å². The van der Waals surface area contributed by atoms with Gasteiger partial charge in [0.2, 0.25) is 0 Å². The zero-order valence-corrected chi connectivity index (χ0v) is 12.5. The first kappa shape index (κ1) is 13.7. The van der Waals surface area contributed by atoms with E-state index in [9.17, 15) is 0 Å². The molecule has 0 amide bonds. The van der Waals surface area contributed by atoms with Crippen molar-refractivity contribution in [2.45, 2.75) is 31.9 Å². The Morgan fingerprint density at radius 2 is 2.25 bits per heavy atom. The van der Waals surface area contributed by atoms with Gasteiger partial charge in [-0.15, -0.1) is 11.3 Å². The monoisotopic (exact) mass is 288 g/mol. The van der Waals surface area contributed by atoms with Gasteiger partial charge in [-0.2, -0.15) is 0 Å². The average molecular weight is 288 g/mol. The van der Waals surface area contributed by atoms with Crippen LogP contribution in [0.1, 0.15) is 48.2 Å². The summed E-state index contributed by atoms with van der Waals surface area (Å²) < 4.78 is 5.92. The fourth-order valence-corrected chi connectivity index (χ4v) is 3.57. The summed E-state index contributed by atoms with van der Waals surface area (Å²) >= 11 is 1.70. The molecule has 4 heteroatoms. The number of ether oxygens (including phenoxy) is 1. The number of rotatable bonds is 5. The molecule has 0 spiro atoms. The van der Waals surface area contributed by atoms with Crippen molar-refractivity contribution in [1.82, 2.24) is 10.3 Å². The van der Waals surface area contributed by atoms with Gasteiger partial charge in [-0.25, -0.2) is 4.98 Å². The molecular weight excluding hydrogens is 268 g/mol. The first-order chi connectivity index (χ1) is 9.88. The van der Waals surface area contributed by atoms with Gasteiger partial charge in [0.1, 0.15) is 11.1 Å². The van der Waals surface area contributed by atoms with Crippen LogP contribution >= 0.6 is 11.3 Å². The molecule has 0 saturated carbocycles. The second kappa shape index (κ2) is 6.48. The molecule has 3 rings (SSSR count). The van der Waals surface area contributed by atoms with Crippen LogP contribution in [0.2, 0.25) is 0 Å². The SMILES string of the molecule is CCOC(c1ccccc1)c1nc([C@@H]2CCCN2)cs1. The summed E-state index contributed by atoms with van der Waals surface area (Å²) in [6.07, 6.45) is 2.39. The summed E-state index contributed by atoms with van der Waals surface area (Å²) in [4.78, 5) is 4.82. The van der Waals surface area contributed by atoms with Crippen molar-refractivity contribution < 1.29 is 4.74 Å². The molecule has 1 N–H and O–H groups in total. The average Bonchev–Trinajstić information content (AvgIpc) is 3.16. The summed E-state index contributed by atoms with van der Waals surface area (Å²) in [5.41, 5.74) is 2.35. The Morgan fingerprint density at radius 3 is 2.95 bits per heavy atom. The van der Waals surface area contributed by atoms with Gasteiger partial charge in [0.15, 0.2) is 0 Å². The predicted molar refractivity (Wildman–Crippen MR) is 82.0 cm³/mol. The lowest BCUT2D eigenvalue weighted by molar-refractivity contribution is 0.0910. The molecule has 20 heavy (non-hydrogen) atoms. The lowest BCUT2D eigenvalue weighted by atomic mass is 10.1. The van der Waals surface area contributed by atoms with Crippen LogP contribution in [-0.4, -0.2) is 18.1 Å². The molecule has 0 aliphatic carbocycles. The van der Waals surface area contributed by atoms with Crippen molar-refractivity contribution in [2.24, 2.45) is 0 Å². The fourth-order valence-electron chi connectivity index (χ4n) is 2.62. The lowest BCUT2D eigenvalue weighted by Gasteiger charge is -2.15. The second-order valence-corrected chi connectivity index (χ2v) is 5.90. The zero-order chi connectivity index (χ0) is 13.8. The van der Waals surface area contributed by atoms with Gasteiger partial charge in [0.05, 0.1) is 11.7 Å². The van der Waals surface area contributed by atoms with Crippen molar-refractivity contribution in [3.8, 4) is 0 Å². The summed E-state index contributed by atoms with van der Waals surface area (Å²) in [7, 11) is 0. The first-order valence-electron chi connectivity index (χ1n) is 7.23. The molecule has 2 aromatic rings. The third kappa shape index (κ3) is 2.92. The minimum absolute atomic E-state index is 0.0404. The maximum atomic E-state index is 5.92. The lowest BCUT2D eigenvalue weighted by Crippen LogP contribution is -2.13. The van der Waals surface area contributed by atoms with Crippen molar-refractivity contribution >= 4 is 11.3 Å². The van der Waals surface area contributed by atoms with E-state index in [1.165, 1.54) is 24.1 Å². The smallest absolute Gasteiger partial charge is 0.134 e. The zero-order valence-electron chi connectivity index (χ0n) is 11.7. The van der Waals surface area contributed by atoms with E-state index in [-0.39, 0.29) is 6.10 Å². The Balaban J connectivity index is 1.84. The minimum Gasteiger partial charge on any atom is -0.367 e. The fraction of sp³-hybridized carbons (Fsp3) is 0.438. The van der Waals surface area contributed by atoms with Gasteiger partial charge in [-0.3, -0.25) is 0 Å². The molecule has 2 atom stereocenters. The van der Waals surface area contributed by atoms with Gasteiger partial charge >= 0.3 is 0 Å². The summed E-state index contributed by atoms with van der Waals surface area (Å²) in [6.45, 7) is 3.82. The normalized spacial score (nSPS) is 20.1. The number of hydrogen-bond acceptors (Lipinski definition) is 4. The number of thiazole rings is 1. The Morgan fingerprint density at radius 1 is 1.40 bits per heavy atom. The summed E-state index contributed by atoms with van der Waals surface area (Å²) in [6, 6.07) is 10.8. The molecule has 2 heterocycles. The highest BCUT2D eigenvalue weighted by atomic mass is 32.1. The largest absolute Gasteiger partial charge is 0.367 e. The van der Waals surface area contributed by atoms with Gasteiger partial charge in [0, 0.05) is 12.0 Å². The van der Waals surface area contributed by atoms with Crippen LogP contribution in [0.4, 0.5) is 0 Å². The van der Waals surface area contributed by atoms with Gasteiger partial charge in [-0.05, 0) is 31.9 Å². The van der Waals surface area contributed by atoms with Crippen molar-refractivity contribution in [1.29, 1.82) is 0 Å². The quantitative estimate of drug-likeness (QED) is 0.911. The molecule has 3 nitrogen and oxygen atoms in total. The maximum Gasteiger partial charge on any atom is 0.134 e. The molecule has 1 aromatic carbocycles.